The summed E-state index contributed by atoms with van der Waals surface area (Å²) < 4.78 is 4.95. The molecule has 0 radical (unpaired) electrons. The zero-order valence-electron chi connectivity index (χ0n) is 9.30. The number of benzene rings is 1. The van der Waals surface area contributed by atoms with E-state index in [-0.39, 0.29) is 0 Å². The number of anilines is 1. The second-order valence-electron chi connectivity index (χ2n) is 3.50. The zero-order valence-corrected chi connectivity index (χ0v) is 9.30. The summed E-state index contributed by atoms with van der Waals surface area (Å²) in [5, 5.41) is 6.70. The standard InChI is InChI=1S/C11H12N4O2/c1-7-14-10(17-15-7)6-13-9-5-3-2-4-8(9)11(12)16/h2-5,13H,6H2,1H3,(H2,12,16). The molecule has 0 spiro atoms. The van der Waals surface area contributed by atoms with E-state index in [1.54, 1.807) is 25.1 Å². The van der Waals surface area contributed by atoms with Crippen molar-refractivity contribution >= 4 is 11.6 Å². The fourth-order valence-electron chi connectivity index (χ4n) is 1.43. The minimum Gasteiger partial charge on any atom is -0.375 e. The van der Waals surface area contributed by atoms with Crippen LogP contribution < -0.4 is 11.1 Å². The third kappa shape index (κ3) is 2.60. The molecule has 1 heterocycles. The summed E-state index contributed by atoms with van der Waals surface area (Å²) in [5.74, 6) is 0.557. The Balaban J connectivity index is 2.11. The second-order valence-corrected chi connectivity index (χ2v) is 3.50. The van der Waals surface area contributed by atoms with Gasteiger partial charge in [0.05, 0.1) is 12.1 Å². The van der Waals surface area contributed by atoms with Crippen molar-refractivity contribution in [2.45, 2.75) is 13.5 Å². The van der Waals surface area contributed by atoms with Crippen molar-refractivity contribution in [1.29, 1.82) is 0 Å². The highest BCUT2D eigenvalue weighted by molar-refractivity contribution is 5.98. The van der Waals surface area contributed by atoms with Crippen molar-refractivity contribution in [3.8, 4) is 0 Å². The second kappa shape index (κ2) is 4.65. The minimum atomic E-state index is -0.477. The molecule has 0 aliphatic rings. The Labute approximate surface area is 97.8 Å². The molecule has 1 amide bonds. The average Bonchev–Trinajstić information content (AvgIpc) is 2.73. The molecule has 88 valence electrons. The van der Waals surface area contributed by atoms with E-state index in [4.69, 9.17) is 10.3 Å². The number of aryl methyl sites for hydroxylation is 1. The van der Waals surface area contributed by atoms with Crippen molar-refractivity contribution in [1.82, 2.24) is 10.1 Å². The maximum atomic E-state index is 11.2. The fraction of sp³-hybridized carbons (Fsp3) is 0.182. The van der Waals surface area contributed by atoms with Crippen LogP contribution in [0.4, 0.5) is 5.69 Å². The molecule has 0 aliphatic carbocycles. The van der Waals surface area contributed by atoms with Gasteiger partial charge in [-0.25, -0.2) is 0 Å². The summed E-state index contributed by atoms with van der Waals surface area (Å²) >= 11 is 0. The third-order valence-corrected chi connectivity index (χ3v) is 2.19. The molecule has 0 atom stereocenters. The molecular formula is C11H12N4O2. The predicted molar refractivity (Wildman–Crippen MR) is 61.3 cm³/mol. The predicted octanol–water partition coefficient (Wildman–Crippen LogP) is 1.09. The minimum absolute atomic E-state index is 0.352. The zero-order chi connectivity index (χ0) is 12.3. The van der Waals surface area contributed by atoms with E-state index in [1.165, 1.54) is 0 Å². The summed E-state index contributed by atoms with van der Waals surface area (Å²) in [6.07, 6.45) is 0. The molecule has 1 aromatic heterocycles. The lowest BCUT2D eigenvalue weighted by atomic mass is 10.1. The van der Waals surface area contributed by atoms with E-state index in [2.05, 4.69) is 15.5 Å². The van der Waals surface area contributed by atoms with Gasteiger partial charge in [0.25, 0.3) is 5.91 Å². The van der Waals surface area contributed by atoms with Gasteiger partial charge in [-0.3, -0.25) is 4.79 Å². The number of hydrogen-bond donors (Lipinski definition) is 2. The van der Waals surface area contributed by atoms with Crippen LogP contribution in [0.15, 0.2) is 28.8 Å². The molecule has 0 bridgehead atoms. The van der Waals surface area contributed by atoms with Crippen molar-refractivity contribution < 1.29 is 9.32 Å². The highest BCUT2D eigenvalue weighted by atomic mass is 16.5. The van der Waals surface area contributed by atoms with Crippen LogP contribution in [-0.2, 0) is 6.54 Å². The van der Waals surface area contributed by atoms with Crippen LogP contribution in [0.2, 0.25) is 0 Å². The fourth-order valence-corrected chi connectivity index (χ4v) is 1.43. The Bertz CT molecular complexity index is 536. The molecular weight excluding hydrogens is 220 g/mol. The molecule has 6 nitrogen and oxygen atoms in total. The Kier molecular flexibility index (Phi) is 3.04. The maximum Gasteiger partial charge on any atom is 0.250 e. The number of nitrogens with two attached hydrogens (primary N) is 1. The maximum absolute atomic E-state index is 11.2. The Hall–Kier alpha value is -2.37. The van der Waals surface area contributed by atoms with Gasteiger partial charge >= 0.3 is 0 Å². The van der Waals surface area contributed by atoms with E-state index in [1.807, 2.05) is 6.07 Å². The van der Waals surface area contributed by atoms with Crippen LogP contribution >= 0.6 is 0 Å². The van der Waals surface area contributed by atoms with Gasteiger partial charge in [0.2, 0.25) is 5.89 Å². The number of carbonyl (C=O) groups is 1. The number of primary amides is 1. The van der Waals surface area contributed by atoms with Gasteiger partial charge in [-0.05, 0) is 19.1 Å². The van der Waals surface area contributed by atoms with Crippen molar-refractivity contribution in [3.63, 3.8) is 0 Å². The molecule has 2 aromatic rings. The van der Waals surface area contributed by atoms with Gasteiger partial charge < -0.3 is 15.6 Å². The largest absolute Gasteiger partial charge is 0.375 e. The van der Waals surface area contributed by atoms with Crippen LogP contribution in [0.1, 0.15) is 22.1 Å². The number of aromatic nitrogens is 2. The van der Waals surface area contributed by atoms with Gasteiger partial charge in [0.15, 0.2) is 5.82 Å². The topological polar surface area (TPSA) is 94.0 Å². The molecule has 17 heavy (non-hydrogen) atoms. The molecule has 1 aromatic carbocycles. The number of hydrogen-bond acceptors (Lipinski definition) is 5. The van der Waals surface area contributed by atoms with Crippen LogP contribution in [0.3, 0.4) is 0 Å². The number of para-hydroxylation sites is 1. The van der Waals surface area contributed by atoms with Crippen molar-refractivity contribution in [2.24, 2.45) is 5.73 Å². The van der Waals surface area contributed by atoms with E-state index in [0.717, 1.165) is 0 Å². The highest BCUT2D eigenvalue weighted by Crippen LogP contribution is 2.15. The van der Waals surface area contributed by atoms with E-state index in [9.17, 15) is 4.79 Å². The van der Waals surface area contributed by atoms with Crippen LogP contribution in [0.25, 0.3) is 0 Å². The lowest BCUT2D eigenvalue weighted by Crippen LogP contribution is -2.14. The quantitative estimate of drug-likeness (QED) is 0.822. The molecule has 6 heteroatoms. The van der Waals surface area contributed by atoms with Gasteiger partial charge in [-0.2, -0.15) is 4.98 Å². The molecule has 3 N–H and O–H groups in total. The monoisotopic (exact) mass is 232 g/mol. The van der Waals surface area contributed by atoms with Crippen LogP contribution in [0.5, 0.6) is 0 Å². The van der Waals surface area contributed by atoms with E-state index < -0.39 is 5.91 Å². The molecule has 0 aliphatic heterocycles. The number of rotatable bonds is 4. The van der Waals surface area contributed by atoms with E-state index >= 15 is 0 Å². The SMILES string of the molecule is Cc1noc(CNc2ccccc2C(N)=O)n1. The molecule has 0 saturated carbocycles. The first-order valence-electron chi connectivity index (χ1n) is 5.08. The van der Waals surface area contributed by atoms with Crippen molar-refractivity contribution in [2.75, 3.05) is 5.32 Å². The Morgan fingerprint density at radius 2 is 2.24 bits per heavy atom. The highest BCUT2D eigenvalue weighted by Gasteiger charge is 2.08. The average molecular weight is 232 g/mol. The van der Waals surface area contributed by atoms with Gasteiger partial charge in [0.1, 0.15) is 0 Å². The molecule has 0 fully saturated rings. The summed E-state index contributed by atoms with van der Waals surface area (Å²) in [6.45, 7) is 2.09. The molecule has 0 saturated heterocycles. The Morgan fingerprint density at radius 3 is 2.88 bits per heavy atom. The summed E-state index contributed by atoms with van der Waals surface area (Å²) in [7, 11) is 0. The van der Waals surface area contributed by atoms with Gasteiger partial charge in [-0.1, -0.05) is 17.3 Å². The van der Waals surface area contributed by atoms with Gasteiger partial charge in [-0.15, -0.1) is 0 Å². The lowest BCUT2D eigenvalue weighted by molar-refractivity contribution is 0.100. The molecule has 2 rings (SSSR count). The van der Waals surface area contributed by atoms with Crippen molar-refractivity contribution in [3.05, 3.63) is 41.5 Å². The smallest absolute Gasteiger partial charge is 0.250 e. The third-order valence-electron chi connectivity index (χ3n) is 2.19. The number of amides is 1. The number of carbonyl (C=O) groups excluding carboxylic acids is 1. The first-order chi connectivity index (χ1) is 8.16. The van der Waals surface area contributed by atoms with Crippen LogP contribution in [0, 0.1) is 6.92 Å². The Morgan fingerprint density at radius 1 is 1.47 bits per heavy atom. The summed E-state index contributed by atoms with van der Waals surface area (Å²) in [5.41, 5.74) is 6.34. The van der Waals surface area contributed by atoms with Gasteiger partial charge in [0, 0.05) is 5.69 Å². The molecule has 0 unspecified atom stereocenters. The summed E-state index contributed by atoms with van der Waals surface area (Å²) in [4.78, 5) is 15.2. The lowest BCUT2D eigenvalue weighted by Gasteiger charge is -2.07. The van der Waals surface area contributed by atoms with E-state index in [0.29, 0.717) is 29.5 Å². The first kappa shape index (κ1) is 11.1. The number of nitrogens with one attached hydrogen (secondary N) is 1. The first-order valence-corrected chi connectivity index (χ1v) is 5.08. The normalized spacial score (nSPS) is 10.2. The summed E-state index contributed by atoms with van der Waals surface area (Å²) in [6, 6.07) is 6.99. The van der Waals surface area contributed by atoms with Crippen LogP contribution in [-0.4, -0.2) is 16.0 Å². The number of nitrogens with zero attached hydrogens (tertiary/aromatic N) is 2.